The second kappa shape index (κ2) is 7.16. The Morgan fingerprint density at radius 2 is 1.82 bits per heavy atom. The van der Waals surface area contributed by atoms with E-state index in [0.717, 1.165) is 60.9 Å². The minimum Gasteiger partial charge on any atom is -0.352 e. The van der Waals surface area contributed by atoms with Crippen LogP contribution < -0.4 is 10.6 Å². The molecule has 4 nitrogen and oxygen atoms in total. The zero-order valence-corrected chi connectivity index (χ0v) is 17.8. The van der Waals surface area contributed by atoms with Crippen LogP contribution in [0.15, 0.2) is 0 Å². The third kappa shape index (κ3) is 2.92. The number of hydrogen-bond donors (Lipinski definition) is 2. The number of anilines is 1. The number of aryl methyl sites for hydroxylation is 1. The molecule has 2 amide bonds. The number of nitrogens with one attached hydrogen (secondary N) is 2. The van der Waals surface area contributed by atoms with Crippen LogP contribution in [0.5, 0.6) is 0 Å². The molecule has 2 unspecified atom stereocenters. The van der Waals surface area contributed by atoms with Gasteiger partial charge in [-0.1, -0.05) is 13.3 Å². The lowest BCUT2D eigenvalue weighted by Crippen LogP contribution is -2.37. The molecule has 5 aliphatic carbocycles. The molecule has 1 heterocycles. The molecule has 1 aromatic heterocycles. The maximum atomic E-state index is 13.5. The molecular weight excluding hydrogens is 368 g/mol. The molecule has 2 atom stereocenters. The zero-order valence-electron chi connectivity index (χ0n) is 16.9. The molecule has 1 aromatic rings. The Kier molecular flexibility index (Phi) is 4.77. The van der Waals surface area contributed by atoms with Gasteiger partial charge in [-0.2, -0.15) is 0 Å². The summed E-state index contributed by atoms with van der Waals surface area (Å²) in [7, 11) is 0. The van der Waals surface area contributed by atoms with Gasteiger partial charge in [-0.25, -0.2) is 0 Å². The van der Waals surface area contributed by atoms with Crippen LogP contribution in [0, 0.1) is 23.2 Å². The summed E-state index contributed by atoms with van der Waals surface area (Å²) in [5, 5.41) is 7.20. The summed E-state index contributed by atoms with van der Waals surface area (Å²) in [6.45, 7) is 2.76. The third-order valence-electron chi connectivity index (χ3n) is 7.85. The highest BCUT2D eigenvalue weighted by Gasteiger charge is 2.61. The molecule has 5 aliphatic rings. The van der Waals surface area contributed by atoms with E-state index < -0.39 is 0 Å². The molecule has 6 rings (SSSR count). The van der Waals surface area contributed by atoms with E-state index in [0.29, 0.717) is 12.5 Å². The van der Waals surface area contributed by atoms with Crippen molar-refractivity contribution >= 4 is 28.2 Å². The summed E-state index contributed by atoms with van der Waals surface area (Å²) in [6, 6.07) is 0. The summed E-state index contributed by atoms with van der Waals surface area (Å²) in [5.41, 5.74) is 1.84. The SMILES string of the molecule is CCCNC(=O)c1c(NC(=O)C23CC4CC(CC2C4)C3)sc2c1CCCCC2. The lowest BCUT2D eigenvalue weighted by Gasteiger charge is -2.31. The van der Waals surface area contributed by atoms with Crippen LogP contribution in [0.1, 0.15) is 85.5 Å². The van der Waals surface area contributed by atoms with Gasteiger partial charge in [0.15, 0.2) is 0 Å². The number of carbonyl (C=O) groups is 2. The monoisotopic (exact) mass is 400 g/mol. The van der Waals surface area contributed by atoms with Crippen molar-refractivity contribution < 1.29 is 9.59 Å². The number of hydrogen-bond acceptors (Lipinski definition) is 3. The molecule has 0 aromatic carbocycles. The van der Waals surface area contributed by atoms with E-state index in [2.05, 4.69) is 17.6 Å². The summed E-state index contributed by atoms with van der Waals surface area (Å²) in [5.74, 6) is 2.31. The molecule has 0 aliphatic heterocycles. The average molecular weight is 401 g/mol. The Balaban J connectivity index is 1.44. The highest BCUT2D eigenvalue weighted by atomic mass is 32.1. The van der Waals surface area contributed by atoms with Gasteiger partial charge >= 0.3 is 0 Å². The first-order chi connectivity index (χ1) is 13.6. The van der Waals surface area contributed by atoms with E-state index >= 15 is 0 Å². The molecule has 5 heteroatoms. The number of fused-ring (bicyclic) bond motifs is 1. The van der Waals surface area contributed by atoms with E-state index in [4.69, 9.17) is 0 Å². The van der Waals surface area contributed by atoms with E-state index in [-0.39, 0.29) is 17.2 Å². The molecular formula is C23H32N2O2S. The first-order valence-electron chi connectivity index (χ1n) is 11.3. The largest absolute Gasteiger partial charge is 0.352 e. The zero-order chi connectivity index (χ0) is 19.3. The van der Waals surface area contributed by atoms with E-state index in [9.17, 15) is 9.59 Å². The second-order valence-electron chi connectivity index (χ2n) is 9.68. The number of rotatable bonds is 5. The molecule has 4 fully saturated rings. The van der Waals surface area contributed by atoms with Crippen LogP contribution >= 0.6 is 11.3 Å². The maximum absolute atomic E-state index is 13.5. The molecule has 4 bridgehead atoms. The summed E-state index contributed by atoms with van der Waals surface area (Å²) >= 11 is 1.67. The van der Waals surface area contributed by atoms with Gasteiger partial charge < -0.3 is 10.6 Å². The van der Waals surface area contributed by atoms with Crippen molar-refractivity contribution in [2.24, 2.45) is 23.2 Å². The Hall–Kier alpha value is -1.36. The van der Waals surface area contributed by atoms with Gasteiger partial charge in [0.1, 0.15) is 5.00 Å². The maximum Gasteiger partial charge on any atom is 0.254 e. The van der Waals surface area contributed by atoms with Crippen molar-refractivity contribution in [3.8, 4) is 0 Å². The Morgan fingerprint density at radius 1 is 1.07 bits per heavy atom. The van der Waals surface area contributed by atoms with Crippen LogP contribution in [-0.4, -0.2) is 18.4 Å². The molecule has 0 radical (unpaired) electrons. The molecule has 0 spiro atoms. The van der Waals surface area contributed by atoms with Gasteiger partial charge in [0, 0.05) is 11.4 Å². The number of amides is 2. The van der Waals surface area contributed by atoms with Crippen molar-refractivity contribution in [1.29, 1.82) is 0 Å². The lowest BCUT2D eigenvalue weighted by molar-refractivity contribution is -0.127. The smallest absolute Gasteiger partial charge is 0.254 e. The quantitative estimate of drug-likeness (QED) is 0.689. The van der Waals surface area contributed by atoms with Gasteiger partial charge in [-0.05, 0) is 87.5 Å². The highest BCUT2D eigenvalue weighted by Crippen LogP contribution is 2.65. The Bertz CT molecular complexity index is 785. The molecule has 2 N–H and O–H groups in total. The van der Waals surface area contributed by atoms with E-state index in [1.807, 2.05) is 0 Å². The van der Waals surface area contributed by atoms with Gasteiger partial charge in [-0.3, -0.25) is 9.59 Å². The number of thiophene rings is 1. The van der Waals surface area contributed by atoms with Crippen LogP contribution in [-0.2, 0) is 17.6 Å². The molecule has 28 heavy (non-hydrogen) atoms. The van der Waals surface area contributed by atoms with Crippen molar-refractivity contribution in [2.45, 2.75) is 77.6 Å². The topological polar surface area (TPSA) is 58.2 Å². The Labute approximate surface area is 171 Å². The van der Waals surface area contributed by atoms with Crippen molar-refractivity contribution in [1.82, 2.24) is 5.32 Å². The summed E-state index contributed by atoms with van der Waals surface area (Å²) < 4.78 is 0. The minimum atomic E-state index is -0.147. The highest BCUT2D eigenvalue weighted by molar-refractivity contribution is 7.17. The Morgan fingerprint density at radius 3 is 2.57 bits per heavy atom. The fourth-order valence-corrected chi connectivity index (χ4v) is 8.07. The number of carbonyl (C=O) groups excluding carboxylic acids is 2. The summed E-state index contributed by atoms with van der Waals surface area (Å²) in [6.07, 6.45) is 12.5. The first-order valence-corrected chi connectivity index (χ1v) is 12.2. The van der Waals surface area contributed by atoms with Crippen molar-refractivity contribution in [3.63, 3.8) is 0 Å². The molecule has 152 valence electrons. The molecule has 0 saturated heterocycles. The van der Waals surface area contributed by atoms with Gasteiger partial charge in [-0.15, -0.1) is 11.3 Å². The standard InChI is InChI=1S/C23H32N2O2S/c1-2-8-24-20(26)19-17-6-4-3-5-7-18(17)28-21(19)25-22(27)23-12-14-9-15(13-23)11-16(23)10-14/h14-16H,2-13H2,1H3,(H,24,26)(H,25,27). The lowest BCUT2D eigenvalue weighted by atomic mass is 9.75. The predicted octanol–water partition coefficient (Wildman–Crippen LogP) is 4.92. The average Bonchev–Trinajstić information content (AvgIpc) is 3.15. The van der Waals surface area contributed by atoms with Crippen molar-refractivity contribution in [2.75, 3.05) is 11.9 Å². The van der Waals surface area contributed by atoms with Crippen LogP contribution in [0.2, 0.25) is 0 Å². The van der Waals surface area contributed by atoms with Gasteiger partial charge in [0.25, 0.3) is 5.91 Å². The van der Waals surface area contributed by atoms with Crippen LogP contribution in [0.4, 0.5) is 5.00 Å². The minimum absolute atomic E-state index is 0.00583. The van der Waals surface area contributed by atoms with Crippen molar-refractivity contribution in [3.05, 3.63) is 16.0 Å². The normalized spacial score (nSPS) is 32.8. The van der Waals surface area contributed by atoms with Crippen LogP contribution in [0.25, 0.3) is 0 Å². The third-order valence-corrected chi connectivity index (χ3v) is 9.06. The van der Waals surface area contributed by atoms with Gasteiger partial charge in [0.05, 0.1) is 11.0 Å². The molecule has 4 saturated carbocycles. The summed E-state index contributed by atoms with van der Waals surface area (Å²) in [4.78, 5) is 27.8. The van der Waals surface area contributed by atoms with Gasteiger partial charge in [0.2, 0.25) is 5.91 Å². The first kappa shape index (κ1) is 18.7. The predicted molar refractivity (Wildman–Crippen MR) is 113 cm³/mol. The van der Waals surface area contributed by atoms with E-state index in [1.54, 1.807) is 11.3 Å². The van der Waals surface area contributed by atoms with Crippen LogP contribution in [0.3, 0.4) is 0 Å². The fraction of sp³-hybridized carbons (Fsp3) is 0.739. The van der Waals surface area contributed by atoms with E-state index in [1.165, 1.54) is 42.5 Å². The second-order valence-corrected chi connectivity index (χ2v) is 10.8. The fourth-order valence-electron chi connectivity index (χ4n) is 6.79.